The summed E-state index contributed by atoms with van der Waals surface area (Å²) in [5.41, 5.74) is 1.09. The lowest BCUT2D eigenvalue weighted by Gasteiger charge is -2.30. The number of benzene rings is 1. The van der Waals surface area contributed by atoms with Crippen molar-refractivity contribution < 1.29 is 8.95 Å². The van der Waals surface area contributed by atoms with Gasteiger partial charge in [-0.2, -0.15) is 0 Å². The third-order valence-corrected chi connectivity index (χ3v) is 6.23. The summed E-state index contributed by atoms with van der Waals surface area (Å²) in [6, 6.07) is 8.30. The van der Waals surface area contributed by atoms with Gasteiger partial charge in [0.05, 0.1) is 7.11 Å². The monoisotopic (exact) mass is 479 g/mol. The molecule has 1 aromatic rings. The Bertz CT molecular complexity index is 583. The van der Waals surface area contributed by atoms with Crippen molar-refractivity contribution in [3.8, 4) is 5.75 Å². The van der Waals surface area contributed by atoms with E-state index in [4.69, 9.17) is 4.74 Å². The van der Waals surface area contributed by atoms with Gasteiger partial charge in [0.2, 0.25) is 0 Å². The Morgan fingerprint density at radius 3 is 2.80 bits per heavy atom. The summed E-state index contributed by atoms with van der Waals surface area (Å²) in [6.45, 7) is 2.65. The third kappa shape index (κ3) is 6.77. The molecule has 2 N–H and O–H groups in total. The number of aliphatic imine (C=N–C) groups is 1. The largest absolute Gasteiger partial charge is 0.496 e. The normalized spacial score (nSPS) is 21.8. The molecule has 2 rings (SSSR count). The quantitative estimate of drug-likeness (QED) is 0.374. The van der Waals surface area contributed by atoms with Crippen LogP contribution >= 0.6 is 24.0 Å². The van der Waals surface area contributed by atoms with Gasteiger partial charge in [0.25, 0.3) is 0 Å². The number of nitrogens with zero attached hydrogens (tertiary/aromatic N) is 1. The van der Waals surface area contributed by atoms with Gasteiger partial charge in [0, 0.05) is 47.0 Å². The minimum atomic E-state index is -0.706. The number of rotatable bonds is 6. The Morgan fingerprint density at radius 1 is 1.36 bits per heavy atom. The molecule has 5 nitrogen and oxygen atoms in total. The first kappa shape index (κ1) is 22.2. The van der Waals surface area contributed by atoms with E-state index in [9.17, 15) is 4.21 Å². The maximum Gasteiger partial charge on any atom is 0.191 e. The summed E-state index contributed by atoms with van der Waals surface area (Å²) < 4.78 is 17.5. The van der Waals surface area contributed by atoms with Crippen LogP contribution in [0.5, 0.6) is 5.75 Å². The zero-order chi connectivity index (χ0) is 17.4. The van der Waals surface area contributed by atoms with Crippen molar-refractivity contribution >= 4 is 40.7 Å². The van der Waals surface area contributed by atoms with Crippen molar-refractivity contribution in [3.63, 3.8) is 0 Å². The molecule has 0 radical (unpaired) electrons. The molecule has 0 saturated heterocycles. The van der Waals surface area contributed by atoms with E-state index in [1.165, 1.54) is 0 Å². The van der Waals surface area contributed by atoms with Crippen LogP contribution in [0.3, 0.4) is 0 Å². The Balaban J connectivity index is 0.00000312. The number of halogens is 1. The molecule has 142 valence electrons. The Hall–Kier alpha value is -0.830. The molecule has 0 bridgehead atoms. The van der Waals surface area contributed by atoms with Crippen LogP contribution in [-0.4, -0.2) is 41.4 Å². The molecule has 25 heavy (non-hydrogen) atoms. The van der Waals surface area contributed by atoms with E-state index < -0.39 is 10.8 Å². The van der Waals surface area contributed by atoms with Gasteiger partial charge in [0.1, 0.15) is 5.75 Å². The smallest absolute Gasteiger partial charge is 0.191 e. The molecular weight excluding hydrogens is 449 g/mol. The van der Waals surface area contributed by atoms with Gasteiger partial charge in [-0.05, 0) is 25.3 Å². The van der Waals surface area contributed by atoms with Crippen LogP contribution in [0.25, 0.3) is 0 Å². The minimum absolute atomic E-state index is 0. The fraction of sp³-hybridized carbons (Fsp3) is 0.611. The number of methoxy groups -OCH3 is 1. The number of para-hydroxylation sites is 1. The van der Waals surface area contributed by atoms with E-state index in [0.29, 0.717) is 17.8 Å². The molecule has 0 aromatic heterocycles. The molecule has 7 heteroatoms. The molecule has 1 aromatic carbocycles. The molecule has 1 fully saturated rings. The molecule has 0 aliphatic heterocycles. The second kappa shape index (κ2) is 11.7. The summed E-state index contributed by atoms with van der Waals surface area (Å²) in [5.74, 6) is 2.41. The van der Waals surface area contributed by atoms with E-state index in [1.807, 2.05) is 31.2 Å². The second-order valence-corrected chi connectivity index (χ2v) is 8.04. The van der Waals surface area contributed by atoms with Gasteiger partial charge in [-0.3, -0.25) is 9.20 Å². The molecule has 3 atom stereocenters. The van der Waals surface area contributed by atoms with Crippen molar-refractivity contribution in [2.45, 2.75) is 50.4 Å². The van der Waals surface area contributed by atoms with Crippen LogP contribution in [0.1, 0.15) is 38.2 Å². The van der Waals surface area contributed by atoms with Crippen LogP contribution < -0.4 is 15.4 Å². The molecule has 1 saturated carbocycles. The molecule has 0 spiro atoms. The van der Waals surface area contributed by atoms with E-state index in [-0.39, 0.29) is 24.0 Å². The van der Waals surface area contributed by atoms with Crippen LogP contribution in [0.2, 0.25) is 0 Å². The highest BCUT2D eigenvalue weighted by atomic mass is 127. The Morgan fingerprint density at radius 2 is 2.12 bits per heavy atom. The standard InChI is InChI=1S/C18H29N3O2S.HI/c1-4-24(22)16-10-7-9-15(12-16)21-18(19-2)20-13-14-8-5-6-11-17(14)23-3;/h5-6,8,11,15-16H,4,7,9-10,12-13H2,1-3H3,(H2,19,20,21);1H. The van der Waals surface area contributed by atoms with Gasteiger partial charge in [-0.1, -0.05) is 31.5 Å². The Kier molecular flexibility index (Phi) is 10.4. The van der Waals surface area contributed by atoms with Crippen LogP contribution in [0.15, 0.2) is 29.3 Å². The summed E-state index contributed by atoms with van der Waals surface area (Å²) in [6.07, 6.45) is 4.26. The van der Waals surface area contributed by atoms with Crippen molar-refractivity contribution in [1.29, 1.82) is 0 Å². The first-order valence-electron chi connectivity index (χ1n) is 8.64. The molecular formula is C18H30IN3O2S. The van der Waals surface area contributed by atoms with Gasteiger partial charge < -0.3 is 15.4 Å². The first-order valence-corrected chi connectivity index (χ1v) is 10.0. The van der Waals surface area contributed by atoms with E-state index >= 15 is 0 Å². The fourth-order valence-corrected chi connectivity index (χ4v) is 4.51. The van der Waals surface area contributed by atoms with Crippen molar-refractivity contribution in [1.82, 2.24) is 10.6 Å². The van der Waals surface area contributed by atoms with Gasteiger partial charge in [-0.15, -0.1) is 24.0 Å². The fourth-order valence-electron chi connectivity index (χ4n) is 3.17. The molecule has 3 unspecified atom stereocenters. The summed E-state index contributed by atoms with van der Waals surface area (Å²) in [4.78, 5) is 4.32. The molecule has 0 amide bonds. The van der Waals surface area contributed by atoms with Gasteiger partial charge in [-0.25, -0.2) is 0 Å². The van der Waals surface area contributed by atoms with E-state index in [1.54, 1.807) is 14.2 Å². The summed E-state index contributed by atoms with van der Waals surface area (Å²) >= 11 is 0. The number of guanidine groups is 1. The van der Waals surface area contributed by atoms with Gasteiger partial charge >= 0.3 is 0 Å². The van der Waals surface area contributed by atoms with E-state index in [2.05, 4.69) is 15.6 Å². The average Bonchev–Trinajstić information content (AvgIpc) is 2.64. The first-order chi connectivity index (χ1) is 11.7. The second-order valence-electron chi connectivity index (χ2n) is 6.04. The number of nitrogens with one attached hydrogen (secondary N) is 2. The molecule has 1 aliphatic rings. The zero-order valence-corrected chi connectivity index (χ0v) is 18.4. The average molecular weight is 479 g/mol. The molecule has 0 heterocycles. The summed E-state index contributed by atoms with van der Waals surface area (Å²) in [7, 11) is 2.76. The highest BCUT2D eigenvalue weighted by Crippen LogP contribution is 2.23. The lowest BCUT2D eigenvalue weighted by atomic mass is 9.95. The Labute approximate surface area is 170 Å². The number of hydrogen-bond donors (Lipinski definition) is 2. The van der Waals surface area contributed by atoms with Crippen LogP contribution in [0.4, 0.5) is 0 Å². The minimum Gasteiger partial charge on any atom is -0.496 e. The molecule has 1 aliphatic carbocycles. The SMILES string of the molecule is CCS(=O)C1CCCC(NC(=NC)NCc2ccccc2OC)C1.I. The maximum absolute atomic E-state index is 12.1. The van der Waals surface area contributed by atoms with Crippen LogP contribution in [-0.2, 0) is 17.3 Å². The zero-order valence-electron chi connectivity index (χ0n) is 15.3. The number of ether oxygens (including phenoxy) is 1. The predicted octanol–water partition coefficient (Wildman–Crippen LogP) is 3.06. The lowest BCUT2D eigenvalue weighted by molar-refractivity contribution is 0.407. The van der Waals surface area contributed by atoms with Crippen molar-refractivity contribution in [2.24, 2.45) is 4.99 Å². The van der Waals surface area contributed by atoms with Crippen LogP contribution in [0, 0.1) is 0 Å². The van der Waals surface area contributed by atoms with Crippen molar-refractivity contribution in [2.75, 3.05) is 19.9 Å². The highest BCUT2D eigenvalue weighted by Gasteiger charge is 2.26. The maximum atomic E-state index is 12.1. The van der Waals surface area contributed by atoms with E-state index in [0.717, 1.165) is 48.7 Å². The summed E-state index contributed by atoms with van der Waals surface area (Å²) in [5, 5.41) is 7.15. The lowest BCUT2D eigenvalue weighted by Crippen LogP contribution is -2.46. The van der Waals surface area contributed by atoms with Gasteiger partial charge in [0.15, 0.2) is 5.96 Å². The van der Waals surface area contributed by atoms with Crippen molar-refractivity contribution in [3.05, 3.63) is 29.8 Å². The predicted molar refractivity (Wildman–Crippen MR) is 116 cm³/mol. The topological polar surface area (TPSA) is 62.7 Å². The third-order valence-electron chi connectivity index (χ3n) is 4.49. The highest BCUT2D eigenvalue weighted by molar-refractivity contribution is 14.0. The number of hydrogen-bond acceptors (Lipinski definition) is 3.